The molecular formula is C24H21N3O4S. The fraction of sp³-hybridized carbons (Fsp3) is 0.250. The number of para-hydroxylation sites is 1. The molecule has 0 fully saturated rings. The van der Waals surface area contributed by atoms with E-state index in [1.54, 1.807) is 24.3 Å². The average Bonchev–Trinajstić information content (AvgIpc) is 3.36. The Bertz CT molecular complexity index is 1360. The maximum Gasteiger partial charge on any atom is 0.316 e. The van der Waals surface area contributed by atoms with Gasteiger partial charge in [0.05, 0.1) is 17.7 Å². The van der Waals surface area contributed by atoms with Crippen LogP contribution >= 0.6 is 11.3 Å². The highest BCUT2D eigenvalue weighted by Gasteiger charge is 2.29. The van der Waals surface area contributed by atoms with E-state index in [0.29, 0.717) is 22.7 Å². The van der Waals surface area contributed by atoms with Crippen LogP contribution in [0.1, 0.15) is 41.7 Å². The van der Waals surface area contributed by atoms with E-state index in [2.05, 4.69) is 27.2 Å². The van der Waals surface area contributed by atoms with Crippen molar-refractivity contribution in [3.8, 4) is 28.8 Å². The molecule has 0 saturated heterocycles. The lowest BCUT2D eigenvalue weighted by atomic mass is 9.93. The smallest absolute Gasteiger partial charge is 0.316 e. The van der Waals surface area contributed by atoms with Crippen LogP contribution in [0.25, 0.3) is 21.5 Å². The molecule has 0 radical (unpaired) electrons. The number of aryl methyl sites for hydroxylation is 1. The molecule has 1 N–H and O–H groups in total. The molecule has 4 rings (SSSR count). The van der Waals surface area contributed by atoms with E-state index in [0.717, 1.165) is 20.7 Å². The molecule has 1 atom stereocenters. The first-order valence-electron chi connectivity index (χ1n) is 10.0. The second kappa shape index (κ2) is 8.81. The van der Waals surface area contributed by atoms with Crippen LogP contribution in [0.15, 0.2) is 40.9 Å². The Morgan fingerprint density at radius 3 is 2.69 bits per heavy atom. The minimum Gasteiger partial charge on any atom is -0.507 e. The quantitative estimate of drug-likeness (QED) is 0.358. The fourth-order valence-electron chi connectivity index (χ4n) is 3.42. The van der Waals surface area contributed by atoms with Crippen molar-refractivity contribution in [2.24, 2.45) is 5.92 Å². The average molecular weight is 448 g/mol. The van der Waals surface area contributed by atoms with Crippen molar-refractivity contribution in [1.29, 1.82) is 0 Å². The third-order valence-electron chi connectivity index (χ3n) is 5.14. The summed E-state index contributed by atoms with van der Waals surface area (Å²) in [6.07, 6.45) is 0. The zero-order chi connectivity index (χ0) is 22.8. The van der Waals surface area contributed by atoms with Gasteiger partial charge in [-0.15, -0.1) is 21.5 Å². The summed E-state index contributed by atoms with van der Waals surface area (Å²) in [7, 11) is 1.35. The molecule has 1 unspecified atom stereocenters. The lowest BCUT2D eigenvalue weighted by Crippen LogP contribution is -2.19. The van der Waals surface area contributed by atoms with Crippen molar-refractivity contribution < 1.29 is 19.2 Å². The van der Waals surface area contributed by atoms with Crippen LogP contribution in [0.4, 0.5) is 0 Å². The number of benzene rings is 1. The summed E-state index contributed by atoms with van der Waals surface area (Å²) in [5.41, 5.74) is 2.63. The number of thiophene rings is 1. The second-order valence-electron chi connectivity index (χ2n) is 7.63. The largest absolute Gasteiger partial charge is 0.507 e. The lowest BCUT2D eigenvalue weighted by molar-refractivity contribution is -0.144. The van der Waals surface area contributed by atoms with Gasteiger partial charge < -0.3 is 14.4 Å². The van der Waals surface area contributed by atoms with E-state index in [9.17, 15) is 9.90 Å². The maximum absolute atomic E-state index is 12.1. The number of carbonyl (C=O) groups is 1. The molecule has 1 aromatic carbocycles. The molecule has 4 aromatic rings. The van der Waals surface area contributed by atoms with E-state index in [-0.39, 0.29) is 17.6 Å². The number of rotatable bonds is 4. The third kappa shape index (κ3) is 4.07. The Morgan fingerprint density at radius 1 is 1.19 bits per heavy atom. The Hall–Kier alpha value is -3.70. The zero-order valence-corrected chi connectivity index (χ0v) is 18.9. The predicted octanol–water partition coefficient (Wildman–Crippen LogP) is 4.67. The number of fused-ring (bicyclic) bond motifs is 1. The molecule has 0 aliphatic heterocycles. The number of aromatic hydroxyl groups is 1. The first kappa shape index (κ1) is 21.5. The number of nitrogens with zero attached hydrogens (tertiary/aromatic N) is 3. The third-order valence-corrected chi connectivity index (χ3v) is 6.25. The van der Waals surface area contributed by atoms with Gasteiger partial charge in [0.2, 0.25) is 0 Å². The maximum atomic E-state index is 12.1. The molecule has 8 heteroatoms. The summed E-state index contributed by atoms with van der Waals surface area (Å²) in [6, 6.07) is 10.6. The molecular weight excluding hydrogens is 426 g/mol. The molecule has 0 amide bonds. The summed E-state index contributed by atoms with van der Waals surface area (Å²) < 4.78 is 10.2. The standard InChI is InChI=1S/C24H21N3O4S/c1-13(2)22(24(29)30-4)20-11-15(27-31-20)9-10-21-14(3)17-12-18(25-26-23(17)32-21)16-7-5-6-8-19(16)28/h5-8,11-13,22,28H,1-4H3. The number of esters is 1. The molecule has 0 spiro atoms. The van der Waals surface area contributed by atoms with Crippen LogP contribution in [0.2, 0.25) is 0 Å². The number of hydrogen-bond donors (Lipinski definition) is 1. The SMILES string of the molecule is COC(=O)C(c1cc(C#Cc2sc3nnc(-c4ccccc4O)cc3c2C)no1)C(C)C. The minimum atomic E-state index is -0.530. The van der Waals surface area contributed by atoms with Crippen LogP contribution in [0.5, 0.6) is 5.75 Å². The molecule has 3 heterocycles. The summed E-state index contributed by atoms with van der Waals surface area (Å²) in [5.74, 6) is 5.82. The highest BCUT2D eigenvalue weighted by molar-refractivity contribution is 7.19. The van der Waals surface area contributed by atoms with Crippen LogP contribution < -0.4 is 0 Å². The van der Waals surface area contributed by atoms with Gasteiger partial charge in [0, 0.05) is 17.0 Å². The van der Waals surface area contributed by atoms with E-state index in [1.807, 2.05) is 32.9 Å². The lowest BCUT2D eigenvalue weighted by Gasteiger charge is -2.14. The van der Waals surface area contributed by atoms with Gasteiger partial charge >= 0.3 is 5.97 Å². The van der Waals surface area contributed by atoms with E-state index >= 15 is 0 Å². The van der Waals surface area contributed by atoms with E-state index < -0.39 is 5.92 Å². The summed E-state index contributed by atoms with van der Waals surface area (Å²) in [6.45, 7) is 5.81. The monoisotopic (exact) mass is 447 g/mol. The van der Waals surface area contributed by atoms with E-state index in [4.69, 9.17) is 9.26 Å². The second-order valence-corrected chi connectivity index (χ2v) is 8.63. The Balaban J connectivity index is 1.65. The van der Waals surface area contributed by atoms with Gasteiger partial charge in [0.15, 0.2) is 11.5 Å². The number of carbonyl (C=O) groups excluding carboxylic acids is 1. The van der Waals surface area contributed by atoms with Crippen molar-refractivity contribution in [3.05, 3.63) is 58.3 Å². The first-order valence-corrected chi connectivity index (χ1v) is 10.8. The van der Waals surface area contributed by atoms with Crippen LogP contribution in [-0.4, -0.2) is 33.5 Å². The highest BCUT2D eigenvalue weighted by Crippen LogP contribution is 2.33. The van der Waals surface area contributed by atoms with Crippen molar-refractivity contribution >= 4 is 27.5 Å². The molecule has 3 aromatic heterocycles. The number of aromatic nitrogens is 3. The van der Waals surface area contributed by atoms with Gasteiger partial charge in [-0.05, 0) is 48.4 Å². The Morgan fingerprint density at radius 2 is 1.97 bits per heavy atom. The fourth-order valence-corrected chi connectivity index (χ4v) is 4.38. The molecule has 162 valence electrons. The van der Waals surface area contributed by atoms with Gasteiger partial charge in [-0.2, -0.15) is 0 Å². The van der Waals surface area contributed by atoms with Crippen molar-refractivity contribution in [2.45, 2.75) is 26.7 Å². The summed E-state index contributed by atoms with van der Waals surface area (Å²) >= 11 is 1.44. The van der Waals surface area contributed by atoms with Gasteiger partial charge in [0.25, 0.3) is 0 Å². The number of ether oxygens (including phenoxy) is 1. The van der Waals surface area contributed by atoms with Gasteiger partial charge in [0.1, 0.15) is 16.5 Å². The van der Waals surface area contributed by atoms with Crippen molar-refractivity contribution in [2.75, 3.05) is 7.11 Å². The normalized spacial score (nSPS) is 11.9. The summed E-state index contributed by atoms with van der Waals surface area (Å²) in [4.78, 5) is 13.7. The molecule has 0 aliphatic rings. The topological polar surface area (TPSA) is 98.3 Å². The zero-order valence-electron chi connectivity index (χ0n) is 18.0. The Kier molecular flexibility index (Phi) is 5.93. The summed E-state index contributed by atoms with van der Waals surface area (Å²) in [5, 5.41) is 23.6. The van der Waals surface area contributed by atoms with Gasteiger partial charge in [-0.3, -0.25) is 4.79 Å². The molecule has 7 nitrogen and oxygen atoms in total. The number of phenolic OH excluding ortho intramolecular Hbond substituents is 1. The number of hydrogen-bond acceptors (Lipinski definition) is 8. The van der Waals surface area contributed by atoms with E-state index in [1.165, 1.54) is 18.4 Å². The van der Waals surface area contributed by atoms with Crippen LogP contribution in [0.3, 0.4) is 0 Å². The minimum absolute atomic E-state index is 0.00197. The van der Waals surface area contributed by atoms with Crippen LogP contribution in [-0.2, 0) is 9.53 Å². The van der Waals surface area contributed by atoms with Crippen LogP contribution in [0, 0.1) is 24.7 Å². The van der Waals surface area contributed by atoms with Crippen molar-refractivity contribution in [3.63, 3.8) is 0 Å². The molecule has 0 bridgehead atoms. The predicted molar refractivity (Wildman–Crippen MR) is 121 cm³/mol. The molecule has 0 saturated carbocycles. The first-order chi connectivity index (χ1) is 15.4. The molecule has 32 heavy (non-hydrogen) atoms. The Labute approximate surface area is 189 Å². The molecule has 0 aliphatic carbocycles. The van der Waals surface area contributed by atoms with Crippen molar-refractivity contribution in [1.82, 2.24) is 15.4 Å². The highest BCUT2D eigenvalue weighted by atomic mass is 32.1. The number of phenols is 1. The van der Waals surface area contributed by atoms with Gasteiger partial charge in [-0.1, -0.05) is 31.1 Å². The number of methoxy groups -OCH3 is 1. The van der Waals surface area contributed by atoms with Gasteiger partial charge in [-0.25, -0.2) is 0 Å².